The molecule has 0 saturated carbocycles. The second kappa shape index (κ2) is 8.47. The summed E-state index contributed by atoms with van der Waals surface area (Å²) in [5.41, 5.74) is 2.05. The van der Waals surface area contributed by atoms with Gasteiger partial charge in [0.25, 0.3) is 0 Å². The third-order valence-electron chi connectivity index (χ3n) is 3.42. The number of hydrogen-bond acceptors (Lipinski definition) is 5. The number of benzene rings is 1. The Kier molecular flexibility index (Phi) is 6.62. The minimum atomic E-state index is -3.08. The summed E-state index contributed by atoms with van der Waals surface area (Å²) in [6.45, 7) is 4.34. The Morgan fingerprint density at radius 2 is 1.91 bits per heavy atom. The van der Waals surface area contributed by atoms with Crippen LogP contribution in [0.2, 0.25) is 0 Å². The molecule has 1 heterocycles. The van der Waals surface area contributed by atoms with E-state index in [9.17, 15) is 4.57 Å². The Balaban J connectivity index is 1.80. The van der Waals surface area contributed by atoms with Crippen molar-refractivity contribution in [2.24, 2.45) is 5.16 Å². The van der Waals surface area contributed by atoms with Crippen molar-refractivity contribution in [1.82, 2.24) is 0 Å². The summed E-state index contributed by atoms with van der Waals surface area (Å²) >= 11 is 0. The Morgan fingerprint density at radius 3 is 2.55 bits per heavy atom. The van der Waals surface area contributed by atoms with Gasteiger partial charge in [0.05, 0.1) is 25.1 Å². The Bertz CT molecular complexity index is 522. The van der Waals surface area contributed by atoms with Crippen molar-refractivity contribution in [3.05, 3.63) is 35.9 Å². The van der Waals surface area contributed by atoms with E-state index in [4.69, 9.17) is 13.9 Å². The predicted molar refractivity (Wildman–Crippen MR) is 87.4 cm³/mol. The van der Waals surface area contributed by atoms with Gasteiger partial charge in [-0.3, -0.25) is 4.57 Å². The predicted octanol–water partition coefficient (Wildman–Crippen LogP) is 4.03. The van der Waals surface area contributed by atoms with E-state index in [2.05, 4.69) is 17.3 Å². The zero-order valence-electron chi connectivity index (χ0n) is 13.2. The average Bonchev–Trinajstić information content (AvgIpc) is 2.94. The molecule has 22 heavy (non-hydrogen) atoms. The van der Waals surface area contributed by atoms with Crippen LogP contribution in [0, 0.1) is 0 Å². The first-order valence-corrected chi connectivity index (χ1v) is 9.51. The highest BCUT2D eigenvalue weighted by Crippen LogP contribution is 2.48. The number of oxime groups is 1. The molecular weight excluding hydrogens is 301 g/mol. The molecule has 1 aliphatic rings. The number of aryl methyl sites for hydroxylation is 1. The molecule has 2 rings (SSSR count). The van der Waals surface area contributed by atoms with E-state index >= 15 is 0 Å². The molecular formula is C16H24NO4P. The van der Waals surface area contributed by atoms with Crippen molar-refractivity contribution in [1.29, 1.82) is 0 Å². The molecule has 1 aromatic carbocycles. The maximum absolute atomic E-state index is 12.5. The van der Waals surface area contributed by atoms with Crippen LogP contribution in [0.25, 0.3) is 0 Å². The zero-order chi connectivity index (χ0) is 15.8. The molecule has 0 N–H and O–H groups in total. The molecule has 0 fully saturated rings. The number of hydrogen-bond donors (Lipinski definition) is 0. The van der Waals surface area contributed by atoms with Gasteiger partial charge in [0, 0.05) is 6.42 Å². The third kappa shape index (κ3) is 5.24. The molecule has 1 aliphatic heterocycles. The lowest BCUT2D eigenvalue weighted by molar-refractivity contribution is 0.0794. The van der Waals surface area contributed by atoms with Crippen LogP contribution in [-0.2, 0) is 24.9 Å². The first kappa shape index (κ1) is 17.2. The molecule has 6 heteroatoms. The van der Waals surface area contributed by atoms with E-state index in [1.165, 1.54) is 5.56 Å². The quantitative estimate of drug-likeness (QED) is 0.643. The summed E-state index contributed by atoms with van der Waals surface area (Å²) in [6, 6.07) is 10.3. The lowest BCUT2D eigenvalue weighted by atomic mass is 10.0. The SMILES string of the molecule is CCOP(=O)(CC1=NOC(CCc2ccccc2)C1)OCC. The van der Waals surface area contributed by atoms with Crippen molar-refractivity contribution in [3.63, 3.8) is 0 Å². The van der Waals surface area contributed by atoms with Crippen molar-refractivity contribution in [3.8, 4) is 0 Å². The van der Waals surface area contributed by atoms with Crippen LogP contribution >= 0.6 is 7.60 Å². The second-order valence-electron chi connectivity index (χ2n) is 5.22. The van der Waals surface area contributed by atoms with Crippen molar-refractivity contribution in [2.75, 3.05) is 19.4 Å². The maximum atomic E-state index is 12.5. The smallest absolute Gasteiger partial charge is 0.336 e. The Morgan fingerprint density at radius 1 is 1.23 bits per heavy atom. The van der Waals surface area contributed by atoms with Gasteiger partial charge in [0.1, 0.15) is 6.10 Å². The molecule has 0 spiro atoms. The molecule has 1 unspecified atom stereocenters. The summed E-state index contributed by atoms with van der Waals surface area (Å²) in [5.74, 6) is 0. The minimum Gasteiger partial charge on any atom is -0.392 e. The fraction of sp³-hybridized carbons (Fsp3) is 0.562. The molecule has 0 aliphatic carbocycles. The molecule has 0 aromatic heterocycles. The molecule has 1 atom stereocenters. The highest BCUT2D eigenvalue weighted by atomic mass is 31.2. The minimum absolute atomic E-state index is 0.0481. The van der Waals surface area contributed by atoms with Gasteiger partial charge in [-0.05, 0) is 32.3 Å². The third-order valence-corrected chi connectivity index (χ3v) is 5.48. The Labute approximate surface area is 132 Å². The maximum Gasteiger partial charge on any atom is 0.336 e. The van der Waals surface area contributed by atoms with Gasteiger partial charge in [-0.2, -0.15) is 0 Å². The largest absolute Gasteiger partial charge is 0.392 e. The van der Waals surface area contributed by atoms with E-state index < -0.39 is 7.60 Å². The second-order valence-corrected chi connectivity index (χ2v) is 7.27. The lowest BCUT2D eigenvalue weighted by Gasteiger charge is -2.16. The zero-order valence-corrected chi connectivity index (χ0v) is 14.1. The van der Waals surface area contributed by atoms with E-state index in [1.54, 1.807) is 13.8 Å². The van der Waals surface area contributed by atoms with Gasteiger partial charge in [0.15, 0.2) is 0 Å². The van der Waals surface area contributed by atoms with Crippen LogP contribution in [0.15, 0.2) is 35.5 Å². The van der Waals surface area contributed by atoms with Crippen LogP contribution in [0.4, 0.5) is 0 Å². The first-order valence-electron chi connectivity index (χ1n) is 7.79. The van der Waals surface area contributed by atoms with Gasteiger partial charge >= 0.3 is 7.60 Å². The molecule has 5 nitrogen and oxygen atoms in total. The van der Waals surface area contributed by atoms with Gasteiger partial charge in [-0.25, -0.2) is 0 Å². The fourth-order valence-corrected chi connectivity index (χ4v) is 4.13. The standard InChI is InChI=1S/C16H24NO4P/c1-3-19-22(18,20-4-2)13-15-12-16(21-17-15)11-10-14-8-6-5-7-9-14/h5-9,16H,3-4,10-13H2,1-2H3. The highest BCUT2D eigenvalue weighted by molar-refractivity contribution is 7.54. The van der Waals surface area contributed by atoms with Gasteiger partial charge in [-0.15, -0.1) is 0 Å². The normalized spacial score (nSPS) is 18.1. The molecule has 0 radical (unpaired) electrons. The van der Waals surface area contributed by atoms with E-state index in [-0.39, 0.29) is 12.3 Å². The van der Waals surface area contributed by atoms with Crippen LogP contribution < -0.4 is 0 Å². The van der Waals surface area contributed by atoms with Gasteiger partial charge in [0.2, 0.25) is 0 Å². The van der Waals surface area contributed by atoms with Crippen LogP contribution in [0.3, 0.4) is 0 Å². The van der Waals surface area contributed by atoms with Crippen molar-refractivity contribution < 1.29 is 18.5 Å². The summed E-state index contributed by atoms with van der Waals surface area (Å²) in [6.07, 6.45) is 2.80. The first-order chi connectivity index (χ1) is 10.6. The summed E-state index contributed by atoms with van der Waals surface area (Å²) in [7, 11) is -3.08. The van der Waals surface area contributed by atoms with Gasteiger partial charge < -0.3 is 13.9 Å². The number of nitrogens with zero attached hydrogens (tertiary/aromatic N) is 1. The topological polar surface area (TPSA) is 57.1 Å². The summed E-state index contributed by atoms with van der Waals surface area (Å²) in [5, 5.41) is 4.06. The highest BCUT2D eigenvalue weighted by Gasteiger charge is 2.31. The molecule has 122 valence electrons. The summed E-state index contributed by atoms with van der Waals surface area (Å²) in [4.78, 5) is 5.45. The van der Waals surface area contributed by atoms with Crippen LogP contribution in [0.1, 0.15) is 32.3 Å². The van der Waals surface area contributed by atoms with Gasteiger partial charge in [-0.1, -0.05) is 35.5 Å². The van der Waals surface area contributed by atoms with Crippen LogP contribution in [0.5, 0.6) is 0 Å². The van der Waals surface area contributed by atoms with E-state index in [0.717, 1.165) is 18.6 Å². The fourth-order valence-electron chi connectivity index (χ4n) is 2.45. The van der Waals surface area contributed by atoms with Crippen molar-refractivity contribution >= 4 is 13.3 Å². The average molecular weight is 325 g/mol. The molecule has 1 aromatic rings. The van der Waals surface area contributed by atoms with Crippen LogP contribution in [-0.4, -0.2) is 31.2 Å². The lowest BCUT2D eigenvalue weighted by Crippen LogP contribution is -2.13. The van der Waals surface area contributed by atoms with E-state index in [1.807, 2.05) is 18.2 Å². The van der Waals surface area contributed by atoms with E-state index in [0.29, 0.717) is 19.6 Å². The Hall–Kier alpha value is -1.16. The molecule has 0 saturated heterocycles. The monoisotopic (exact) mass is 325 g/mol. The molecule has 0 bridgehead atoms. The summed E-state index contributed by atoms with van der Waals surface area (Å²) < 4.78 is 23.1. The molecule has 0 amide bonds. The number of rotatable bonds is 9. The van der Waals surface area contributed by atoms with Crippen molar-refractivity contribution in [2.45, 2.75) is 39.2 Å².